The third-order valence-corrected chi connectivity index (χ3v) is 2.94. The second-order valence-corrected chi connectivity index (χ2v) is 4.62. The highest BCUT2D eigenvalue weighted by Crippen LogP contribution is 2.17. The number of hydrogen-bond donors (Lipinski definition) is 2. The molecule has 0 aliphatic heterocycles. The number of ether oxygens (including phenoxy) is 1. The zero-order valence-corrected chi connectivity index (χ0v) is 11.5. The number of nitrogens with two attached hydrogens (primary N) is 1. The van der Waals surface area contributed by atoms with Gasteiger partial charge in [0, 0.05) is 20.1 Å². The van der Waals surface area contributed by atoms with Crippen LogP contribution in [-0.4, -0.2) is 29.0 Å². The lowest BCUT2D eigenvalue weighted by atomic mass is 10.1. The van der Waals surface area contributed by atoms with E-state index in [0.29, 0.717) is 31.2 Å². The number of phenolic OH excluding ortho intramolecular Hbond substituents is 1. The van der Waals surface area contributed by atoms with Crippen LogP contribution in [0.15, 0.2) is 28.8 Å². The number of rotatable bonds is 7. The van der Waals surface area contributed by atoms with E-state index in [1.54, 1.807) is 19.2 Å². The van der Waals surface area contributed by atoms with Gasteiger partial charge in [0.1, 0.15) is 5.75 Å². The van der Waals surface area contributed by atoms with Gasteiger partial charge < -0.3 is 20.1 Å². The Bertz CT molecular complexity index is 525. The number of aryl methyl sites for hydroxylation is 1. The topological polar surface area (TPSA) is 94.4 Å². The van der Waals surface area contributed by atoms with Crippen molar-refractivity contribution < 1.29 is 14.4 Å². The van der Waals surface area contributed by atoms with E-state index in [1.807, 2.05) is 12.1 Å². The molecule has 1 aromatic carbocycles. The average molecular weight is 277 g/mol. The Balaban J connectivity index is 1.91. The molecule has 20 heavy (non-hydrogen) atoms. The minimum atomic E-state index is -0.344. The molecule has 0 amide bonds. The van der Waals surface area contributed by atoms with Gasteiger partial charge >= 0.3 is 0 Å². The van der Waals surface area contributed by atoms with Crippen LogP contribution in [-0.2, 0) is 17.6 Å². The van der Waals surface area contributed by atoms with Gasteiger partial charge in [-0.3, -0.25) is 0 Å². The SMILES string of the molecule is COCCCc1noc([C@H](N)Cc2ccc(O)cc2)n1. The fourth-order valence-electron chi connectivity index (χ4n) is 1.87. The summed E-state index contributed by atoms with van der Waals surface area (Å²) in [5, 5.41) is 13.1. The molecule has 6 heteroatoms. The zero-order valence-electron chi connectivity index (χ0n) is 11.5. The summed E-state index contributed by atoms with van der Waals surface area (Å²) in [7, 11) is 1.66. The highest BCUT2D eigenvalue weighted by molar-refractivity contribution is 5.26. The molecule has 6 nitrogen and oxygen atoms in total. The predicted octanol–water partition coefficient (Wildman–Crippen LogP) is 1.60. The Morgan fingerprint density at radius 1 is 1.35 bits per heavy atom. The number of aromatic nitrogens is 2. The van der Waals surface area contributed by atoms with Gasteiger partial charge in [0.05, 0.1) is 6.04 Å². The highest BCUT2D eigenvalue weighted by atomic mass is 16.5. The molecule has 0 unspecified atom stereocenters. The van der Waals surface area contributed by atoms with E-state index in [2.05, 4.69) is 10.1 Å². The van der Waals surface area contributed by atoms with E-state index in [-0.39, 0.29) is 11.8 Å². The van der Waals surface area contributed by atoms with E-state index >= 15 is 0 Å². The van der Waals surface area contributed by atoms with E-state index in [0.717, 1.165) is 12.0 Å². The molecule has 0 bridgehead atoms. The molecule has 0 saturated heterocycles. The van der Waals surface area contributed by atoms with Gasteiger partial charge in [-0.05, 0) is 30.5 Å². The number of benzene rings is 1. The molecule has 2 rings (SSSR count). The molecule has 0 radical (unpaired) electrons. The first-order valence-corrected chi connectivity index (χ1v) is 6.54. The van der Waals surface area contributed by atoms with Gasteiger partial charge in [-0.2, -0.15) is 4.98 Å². The van der Waals surface area contributed by atoms with Crippen molar-refractivity contribution in [3.8, 4) is 5.75 Å². The second-order valence-electron chi connectivity index (χ2n) is 4.62. The van der Waals surface area contributed by atoms with Crippen LogP contribution in [0.4, 0.5) is 0 Å². The van der Waals surface area contributed by atoms with E-state index in [1.165, 1.54) is 0 Å². The maximum absolute atomic E-state index is 9.23. The largest absolute Gasteiger partial charge is 0.508 e. The van der Waals surface area contributed by atoms with Crippen molar-refractivity contribution in [1.82, 2.24) is 10.1 Å². The first kappa shape index (κ1) is 14.5. The first-order chi connectivity index (χ1) is 9.69. The van der Waals surface area contributed by atoms with Crippen molar-refractivity contribution in [2.45, 2.75) is 25.3 Å². The molecule has 1 aromatic heterocycles. The minimum Gasteiger partial charge on any atom is -0.508 e. The van der Waals surface area contributed by atoms with Crippen molar-refractivity contribution in [3.63, 3.8) is 0 Å². The predicted molar refractivity (Wildman–Crippen MR) is 73.2 cm³/mol. The van der Waals surface area contributed by atoms with Crippen LogP contribution in [0.3, 0.4) is 0 Å². The maximum Gasteiger partial charge on any atom is 0.243 e. The van der Waals surface area contributed by atoms with Crippen molar-refractivity contribution in [3.05, 3.63) is 41.5 Å². The van der Waals surface area contributed by atoms with E-state index < -0.39 is 0 Å². The van der Waals surface area contributed by atoms with E-state index in [9.17, 15) is 5.11 Å². The Morgan fingerprint density at radius 2 is 2.10 bits per heavy atom. The van der Waals surface area contributed by atoms with Crippen LogP contribution in [0.2, 0.25) is 0 Å². The molecule has 0 aliphatic rings. The standard InChI is InChI=1S/C14H19N3O3/c1-19-8-2-3-13-16-14(20-17-13)12(15)9-10-4-6-11(18)7-5-10/h4-7,12,18H,2-3,8-9,15H2,1H3/t12-/m1/s1. The molecule has 0 saturated carbocycles. The minimum absolute atomic E-state index is 0.237. The zero-order chi connectivity index (χ0) is 14.4. The summed E-state index contributed by atoms with van der Waals surface area (Å²) in [6.45, 7) is 0.670. The molecule has 3 N–H and O–H groups in total. The van der Waals surface area contributed by atoms with Crippen molar-refractivity contribution in [1.29, 1.82) is 0 Å². The van der Waals surface area contributed by atoms with Gasteiger partial charge in [0.15, 0.2) is 5.82 Å². The van der Waals surface area contributed by atoms with Crippen LogP contribution in [0.5, 0.6) is 5.75 Å². The van der Waals surface area contributed by atoms with Crippen molar-refractivity contribution in [2.24, 2.45) is 5.73 Å². The summed E-state index contributed by atoms with van der Waals surface area (Å²) < 4.78 is 10.2. The number of phenols is 1. The summed E-state index contributed by atoms with van der Waals surface area (Å²) in [6.07, 6.45) is 2.14. The Kier molecular flexibility index (Phi) is 5.09. The molecule has 1 atom stereocenters. The van der Waals surface area contributed by atoms with Crippen molar-refractivity contribution >= 4 is 0 Å². The fourth-order valence-corrected chi connectivity index (χ4v) is 1.87. The summed E-state index contributed by atoms with van der Waals surface area (Å²) >= 11 is 0. The van der Waals surface area contributed by atoms with Crippen molar-refractivity contribution in [2.75, 3.05) is 13.7 Å². The third kappa shape index (κ3) is 4.04. The van der Waals surface area contributed by atoms with E-state index in [4.69, 9.17) is 15.0 Å². The number of methoxy groups -OCH3 is 1. The maximum atomic E-state index is 9.23. The molecular formula is C14H19N3O3. The van der Waals surface area contributed by atoms with Crippen LogP contribution < -0.4 is 5.73 Å². The summed E-state index contributed by atoms with van der Waals surface area (Å²) in [5.74, 6) is 1.32. The lowest BCUT2D eigenvalue weighted by molar-refractivity contribution is 0.194. The molecule has 0 fully saturated rings. The molecule has 1 heterocycles. The quantitative estimate of drug-likeness (QED) is 0.746. The number of nitrogens with zero attached hydrogens (tertiary/aromatic N) is 2. The van der Waals surface area contributed by atoms with Gasteiger partial charge in [-0.15, -0.1) is 0 Å². The van der Waals surface area contributed by atoms with Crippen LogP contribution in [0, 0.1) is 0 Å². The van der Waals surface area contributed by atoms with Gasteiger partial charge in [-0.1, -0.05) is 17.3 Å². The number of aromatic hydroxyl groups is 1. The van der Waals surface area contributed by atoms with Gasteiger partial charge in [0.2, 0.25) is 5.89 Å². The molecule has 0 aliphatic carbocycles. The van der Waals surface area contributed by atoms with Gasteiger partial charge in [-0.25, -0.2) is 0 Å². The summed E-state index contributed by atoms with van der Waals surface area (Å²) in [5.41, 5.74) is 7.06. The molecular weight excluding hydrogens is 258 g/mol. The summed E-state index contributed by atoms with van der Waals surface area (Å²) in [4.78, 5) is 4.29. The first-order valence-electron chi connectivity index (χ1n) is 6.54. The molecule has 2 aromatic rings. The van der Waals surface area contributed by atoms with Crippen LogP contribution in [0.1, 0.15) is 29.7 Å². The Morgan fingerprint density at radius 3 is 2.80 bits per heavy atom. The lowest BCUT2D eigenvalue weighted by Crippen LogP contribution is -2.13. The molecule has 0 spiro atoms. The normalized spacial score (nSPS) is 12.5. The lowest BCUT2D eigenvalue weighted by Gasteiger charge is -2.06. The second kappa shape index (κ2) is 7.02. The smallest absolute Gasteiger partial charge is 0.243 e. The number of hydrogen-bond acceptors (Lipinski definition) is 6. The third-order valence-electron chi connectivity index (χ3n) is 2.94. The average Bonchev–Trinajstić information content (AvgIpc) is 2.91. The highest BCUT2D eigenvalue weighted by Gasteiger charge is 2.15. The summed E-state index contributed by atoms with van der Waals surface area (Å²) in [6, 6.07) is 6.57. The monoisotopic (exact) mass is 277 g/mol. The Labute approximate surface area is 117 Å². The molecule has 108 valence electrons. The van der Waals surface area contributed by atoms with Crippen LogP contribution >= 0.6 is 0 Å². The van der Waals surface area contributed by atoms with Gasteiger partial charge in [0.25, 0.3) is 0 Å². The fraction of sp³-hybridized carbons (Fsp3) is 0.429. The Hall–Kier alpha value is -1.92. The van der Waals surface area contributed by atoms with Crippen LogP contribution in [0.25, 0.3) is 0 Å².